The standard InChI is InChI=1S/C33H37F2N5O3/c1-22-28(7-8-29(37-22)38-31(42)40-20-16-32(30(40)41)12-14-33(34,35)15-13-32)43-26-9-17-36-27(21-26)25-5-3-23(4-6-25)24-10-18-39(2)19-11-24/h3-9,17,21,24H,10-16,18-20H2,1-2H3,(H,37,38,42). The number of carbonyl (C=O) groups excluding carboxylic acids is 2. The molecule has 1 aliphatic carbocycles. The fourth-order valence-electron chi connectivity index (χ4n) is 6.50. The van der Waals surface area contributed by atoms with Crippen LogP contribution in [-0.2, 0) is 4.79 Å². The number of benzene rings is 1. The number of piperidine rings is 1. The topological polar surface area (TPSA) is 87.7 Å². The molecule has 1 N–H and O–H groups in total. The maximum Gasteiger partial charge on any atom is 0.329 e. The number of nitrogens with zero attached hydrogens (tertiary/aromatic N) is 4. The summed E-state index contributed by atoms with van der Waals surface area (Å²) in [6.07, 6.45) is 4.03. The molecule has 226 valence electrons. The number of nitrogens with one attached hydrogen (secondary N) is 1. The van der Waals surface area contributed by atoms with Crippen LogP contribution in [0.25, 0.3) is 11.3 Å². The predicted octanol–water partition coefficient (Wildman–Crippen LogP) is 7.01. The number of hydrogen-bond acceptors (Lipinski definition) is 6. The highest BCUT2D eigenvalue weighted by Crippen LogP contribution is 2.49. The van der Waals surface area contributed by atoms with Gasteiger partial charge in [0.1, 0.15) is 17.3 Å². The zero-order valence-corrected chi connectivity index (χ0v) is 24.6. The molecular formula is C33H37F2N5O3. The summed E-state index contributed by atoms with van der Waals surface area (Å²) < 4.78 is 33.5. The molecule has 4 heterocycles. The molecule has 2 aliphatic heterocycles. The summed E-state index contributed by atoms with van der Waals surface area (Å²) in [7, 11) is 2.17. The summed E-state index contributed by atoms with van der Waals surface area (Å²) in [5.41, 5.74) is 2.87. The number of likely N-dealkylation sites (tertiary alicyclic amines) is 2. The van der Waals surface area contributed by atoms with Crippen molar-refractivity contribution < 1.29 is 23.1 Å². The van der Waals surface area contributed by atoms with Crippen LogP contribution in [0.4, 0.5) is 19.4 Å². The molecule has 10 heteroatoms. The first-order valence-electron chi connectivity index (χ1n) is 15.0. The average Bonchev–Trinajstić information content (AvgIpc) is 3.32. The molecule has 0 unspecified atom stereocenters. The second-order valence-electron chi connectivity index (χ2n) is 12.2. The zero-order valence-electron chi connectivity index (χ0n) is 24.6. The molecule has 2 aromatic heterocycles. The number of hydrogen-bond donors (Lipinski definition) is 1. The van der Waals surface area contributed by atoms with Crippen LogP contribution in [0, 0.1) is 12.3 Å². The summed E-state index contributed by atoms with van der Waals surface area (Å²) in [5, 5.41) is 2.68. The van der Waals surface area contributed by atoms with E-state index >= 15 is 0 Å². The molecule has 43 heavy (non-hydrogen) atoms. The number of carbonyl (C=O) groups is 2. The second-order valence-corrected chi connectivity index (χ2v) is 12.2. The molecule has 3 aromatic rings. The number of rotatable bonds is 5. The fourth-order valence-corrected chi connectivity index (χ4v) is 6.50. The Bertz CT molecular complexity index is 1490. The molecule has 0 bridgehead atoms. The van der Waals surface area contributed by atoms with Crippen LogP contribution in [0.1, 0.15) is 62.1 Å². The van der Waals surface area contributed by atoms with Gasteiger partial charge in [0, 0.05) is 37.2 Å². The van der Waals surface area contributed by atoms with Gasteiger partial charge in [-0.25, -0.2) is 18.6 Å². The van der Waals surface area contributed by atoms with Crippen molar-refractivity contribution in [1.29, 1.82) is 0 Å². The van der Waals surface area contributed by atoms with Crippen molar-refractivity contribution in [1.82, 2.24) is 19.8 Å². The van der Waals surface area contributed by atoms with Crippen LogP contribution < -0.4 is 10.1 Å². The lowest BCUT2D eigenvalue weighted by Crippen LogP contribution is -2.43. The first-order chi connectivity index (χ1) is 20.6. The van der Waals surface area contributed by atoms with E-state index in [1.54, 1.807) is 31.3 Å². The number of imide groups is 1. The van der Waals surface area contributed by atoms with Gasteiger partial charge in [-0.2, -0.15) is 0 Å². The lowest BCUT2D eigenvalue weighted by molar-refractivity contribution is -0.140. The van der Waals surface area contributed by atoms with E-state index in [9.17, 15) is 18.4 Å². The summed E-state index contributed by atoms with van der Waals surface area (Å²) >= 11 is 0. The number of amides is 3. The fraction of sp³-hybridized carbons (Fsp3) is 0.455. The molecule has 1 saturated carbocycles. The zero-order chi connectivity index (χ0) is 30.2. The molecule has 3 aliphatic rings. The minimum Gasteiger partial charge on any atom is -0.455 e. The third kappa shape index (κ3) is 6.25. The number of alkyl halides is 2. The van der Waals surface area contributed by atoms with Crippen LogP contribution in [0.3, 0.4) is 0 Å². The highest BCUT2D eigenvalue weighted by atomic mass is 19.3. The van der Waals surface area contributed by atoms with Crippen molar-refractivity contribution in [3.05, 3.63) is 66.0 Å². The van der Waals surface area contributed by atoms with Gasteiger partial charge in [-0.1, -0.05) is 24.3 Å². The molecular weight excluding hydrogens is 552 g/mol. The number of anilines is 1. The van der Waals surface area contributed by atoms with Crippen LogP contribution in [0.2, 0.25) is 0 Å². The van der Waals surface area contributed by atoms with Crippen molar-refractivity contribution in [3.8, 4) is 22.8 Å². The molecule has 3 amide bonds. The quantitative estimate of drug-likeness (QED) is 0.344. The lowest BCUT2D eigenvalue weighted by atomic mass is 9.72. The number of halogens is 2. The highest BCUT2D eigenvalue weighted by Gasteiger charge is 2.53. The Morgan fingerprint density at radius 2 is 1.70 bits per heavy atom. The number of ether oxygens (including phenoxy) is 1. The molecule has 0 atom stereocenters. The number of urea groups is 1. The molecule has 2 saturated heterocycles. The highest BCUT2D eigenvalue weighted by molar-refractivity contribution is 6.04. The third-order valence-electron chi connectivity index (χ3n) is 9.32. The Balaban J connectivity index is 1.08. The summed E-state index contributed by atoms with van der Waals surface area (Å²) in [4.78, 5) is 38.5. The van der Waals surface area contributed by atoms with E-state index in [2.05, 4.69) is 51.5 Å². The normalized spacial score (nSPS) is 20.4. The van der Waals surface area contributed by atoms with E-state index in [0.29, 0.717) is 29.5 Å². The van der Waals surface area contributed by atoms with Crippen molar-refractivity contribution in [3.63, 3.8) is 0 Å². The van der Waals surface area contributed by atoms with Gasteiger partial charge in [0.25, 0.3) is 0 Å². The van der Waals surface area contributed by atoms with Gasteiger partial charge in [-0.3, -0.25) is 20.0 Å². The van der Waals surface area contributed by atoms with Gasteiger partial charge in [0.15, 0.2) is 0 Å². The smallest absolute Gasteiger partial charge is 0.329 e. The molecule has 1 aromatic carbocycles. The summed E-state index contributed by atoms with van der Waals surface area (Å²) in [6, 6.07) is 15.0. The van der Waals surface area contributed by atoms with E-state index in [0.717, 1.165) is 29.2 Å². The third-order valence-corrected chi connectivity index (χ3v) is 9.32. The summed E-state index contributed by atoms with van der Waals surface area (Å²) in [5.74, 6) is -1.11. The first-order valence-corrected chi connectivity index (χ1v) is 15.0. The van der Waals surface area contributed by atoms with Crippen LogP contribution in [0.5, 0.6) is 11.5 Å². The minimum atomic E-state index is -2.73. The SMILES string of the molecule is Cc1nc(NC(=O)N2CCC3(CCC(F)(F)CC3)C2=O)ccc1Oc1ccnc(-c2ccc(C3CCN(C)CC3)cc2)c1. The van der Waals surface area contributed by atoms with Gasteiger partial charge < -0.3 is 9.64 Å². The Morgan fingerprint density at radius 3 is 2.40 bits per heavy atom. The lowest BCUT2D eigenvalue weighted by Gasteiger charge is -2.35. The van der Waals surface area contributed by atoms with Crippen molar-refractivity contribution in [2.24, 2.45) is 5.41 Å². The Hall–Kier alpha value is -3.92. The largest absolute Gasteiger partial charge is 0.455 e. The Morgan fingerprint density at radius 1 is 0.977 bits per heavy atom. The van der Waals surface area contributed by atoms with Gasteiger partial charge in [-0.15, -0.1) is 0 Å². The number of pyridine rings is 2. The number of aromatic nitrogens is 2. The Kier molecular flexibility index (Phi) is 7.89. The van der Waals surface area contributed by atoms with E-state index in [1.165, 1.54) is 18.4 Å². The summed E-state index contributed by atoms with van der Waals surface area (Å²) in [6.45, 7) is 4.23. The van der Waals surface area contributed by atoms with Crippen LogP contribution >= 0.6 is 0 Å². The van der Waals surface area contributed by atoms with E-state index in [4.69, 9.17) is 4.74 Å². The van der Waals surface area contributed by atoms with E-state index < -0.39 is 17.4 Å². The average molecular weight is 590 g/mol. The maximum atomic E-state index is 13.7. The maximum absolute atomic E-state index is 13.7. The molecule has 6 rings (SSSR count). The van der Waals surface area contributed by atoms with Crippen molar-refractivity contribution >= 4 is 17.8 Å². The van der Waals surface area contributed by atoms with Crippen LogP contribution in [-0.4, -0.2) is 64.3 Å². The second kappa shape index (κ2) is 11.6. The van der Waals surface area contributed by atoms with E-state index in [1.807, 2.05) is 6.07 Å². The van der Waals surface area contributed by atoms with Gasteiger partial charge >= 0.3 is 6.03 Å². The Labute approximate surface area is 250 Å². The predicted molar refractivity (Wildman–Crippen MR) is 159 cm³/mol. The molecule has 1 spiro atoms. The minimum absolute atomic E-state index is 0.104. The molecule has 0 radical (unpaired) electrons. The van der Waals surface area contributed by atoms with E-state index in [-0.39, 0.29) is 44.0 Å². The van der Waals surface area contributed by atoms with Gasteiger partial charge in [0.2, 0.25) is 11.8 Å². The van der Waals surface area contributed by atoms with Crippen molar-refractivity contribution in [2.75, 3.05) is 32.0 Å². The van der Waals surface area contributed by atoms with Gasteiger partial charge in [0.05, 0.1) is 16.8 Å². The monoisotopic (exact) mass is 589 g/mol. The number of aryl methyl sites for hydroxylation is 1. The van der Waals surface area contributed by atoms with Gasteiger partial charge in [-0.05, 0) is 88.8 Å². The van der Waals surface area contributed by atoms with Crippen LogP contribution in [0.15, 0.2) is 54.7 Å². The molecule has 8 nitrogen and oxygen atoms in total. The molecule has 3 fully saturated rings. The first kappa shape index (κ1) is 29.2. The van der Waals surface area contributed by atoms with Crippen molar-refractivity contribution in [2.45, 2.75) is 63.7 Å².